The summed E-state index contributed by atoms with van der Waals surface area (Å²) >= 11 is 0. The molecule has 0 fully saturated rings. The SMILES string of the molecule is CCCCCO.[CH2-]C.[CH2-]CCCCC.[Ti+2]. The topological polar surface area (TPSA) is 20.2 Å². The van der Waals surface area contributed by atoms with Crippen LogP contribution in [0.25, 0.3) is 0 Å². The van der Waals surface area contributed by atoms with Crippen LogP contribution in [-0.2, 0) is 21.7 Å². The Labute approximate surface area is 113 Å². The Hall–Kier alpha value is 0.674. The molecule has 1 nitrogen and oxygen atoms in total. The fourth-order valence-corrected chi connectivity index (χ4v) is 0.789. The summed E-state index contributed by atoms with van der Waals surface area (Å²) in [5.74, 6) is 0. The maximum Gasteiger partial charge on any atom is 2.00 e. The van der Waals surface area contributed by atoms with Gasteiger partial charge in [0.1, 0.15) is 0 Å². The van der Waals surface area contributed by atoms with E-state index in [1.54, 1.807) is 6.92 Å². The molecule has 0 saturated carbocycles. The van der Waals surface area contributed by atoms with Gasteiger partial charge in [0.15, 0.2) is 0 Å². The third-order valence-corrected chi connectivity index (χ3v) is 1.62. The van der Waals surface area contributed by atoms with Gasteiger partial charge in [0.2, 0.25) is 0 Å². The zero-order valence-electron chi connectivity index (χ0n) is 11.0. The van der Waals surface area contributed by atoms with Crippen molar-refractivity contribution in [1.82, 2.24) is 0 Å². The molecule has 92 valence electrons. The van der Waals surface area contributed by atoms with E-state index in [4.69, 9.17) is 5.11 Å². The number of aliphatic hydroxyl groups excluding tert-OH is 1. The molecule has 0 atom stereocenters. The van der Waals surface area contributed by atoms with Gasteiger partial charge in [-0.1, -0.05) is 46.0 Å². The second kappa shape index (κ2) is 36.5. The van der Waals surface area contributed by atoms with Crippen molar-refractivity contribution in [2.45, 2.75) is 65.7 Å². The summed E-state index contributed by atoms with van der Waals surface area (Å²) in [6, 6.07) is 0. The quantitative estimate of drug-likeness (QED) is 0.420. The summed E-state index contributed by atoms with van der Waals surface area (Å²) in [5, 5.41) is 8.20. The van der Waals surface area contributed by atoms with E-state index in [9.17, 15) is 0 Å². The molecular weight excluding hydrogens is 220 g/mol. The fourth-order valence-electron chi connectivity index (χ4n) is 0.789. The monoisotopic (exact) mass is 250 g/mol. The second-order valence-corrected chi connectivity index (χ2v) is 2.99. The largest absolute Gasteiger partial charge is 2.00 e. The number of unbranched alkanes of at least 4 members (excludes halogenated alkanes) is 5. The first-order valence-corrected chi connectivity index (χ1v) is 5.94. The third kappa shape index (κ3) is 52.9. The van der Waals surface area contributed by atoms with Crippen molar-refractivity contribution in [1.29, 1.82) is 0 Å². The molecule has 2 heteroatoms. The van der Waals surface area contributed by atoms with Gasteiger partial charge in [-0.2, -0.15) is 13.3 Å². The summed E-state index contributed by atoms with van der Waals surface area (Å²) in [6.07, 6.45) is 8.40. The molecule has 0 radical (unpaired) electrons. The molecule has 0 aliphatic heterocycles. The molecule has 0 unspecified atom stereocenters. The summed E-state index contributed by atoms with van der Waals surface area (Å²) < 4.78 is 0. The summed E-state index contributed by atoms with van der Waals surface area (Å²) in [7, 11) is 0. The summed E-state index contributed by atoms with van der Waals surface area (Å²) in [6.45, 7) is 13.4. The van der Waals surface area contributed by atoms with E-state index in [0.717, 1.165) is 19.3 Å². The zero-order chi connectivity index (χ0) is 11.7. The predicted octanol–water partition coefficient (Wildman–Crippen LogP) is 4.41. The Bertz CT molecular complexity index is 42.5. The van der Waals surface area contributed by atoms with E-state index in [2.05, 4.69) is 27.7 Å². The number of rotatable bonds is 6. The molecule has 0 aliphatic carbocycles. The minimum absolute atomic E-state index is 0. The molecule has 15 heavy (non-hydrogen) atoms. The molecule has 0 rings (SSSR count). The Morgan fingerprint density at radius 3 is 1.40 bits per heavy atom. The van der Waals surface area contributed by atoms with Gasteiger partial charge < -0.3 is 19.0 Å². The number of hydrogen-bond acceptors (Lipinski definition) is 1. The van der Waals surface area contributed by atoms with Crippen molar-refractivity contribution in [3.63, 3.8) is 0 Å². The van der Waals surface area contributed by atoms with Crippen LogP contribution in [0.15, 0.2) is 0 Å². The minimum Gasteiger partial charge on any atom is -0.396 e. The van der Waals surface area contributed by atoms with Crippen LogP contribution in [0.1, 0.15) is 65.7 Å². The minimum atomic E-state index is 0. The van der Waals surface area contributed by atoms with Crippen molar-refractivity contribution in [2.75, 3.05) is 6.61 Å². The fraction of sp³-hybridized carbons (Fsp3) is 0.846. The van der Waals surface area contributed by atoms with Crippen molar-refractivity contribution < 1.29 is 26.8 Å². The molecule has 0 amide bonds. The average molecular weight is 250 g/mol. The first-order valence-electron chi connectivity index (χ1n) is 5.94. The molecule has 0 aliphatic rings. The van der Waals surface area contributed by atoms with Crippen LogP contribution >= 0.6 is 0 Å². The Kier molecular flexibility index (Phi) is 60.2. The van der Waals surface area contributed by atoms with Gasteiger partial charge in [-0.3, -0.25) is 0 Å². The molecule has 0 aromatic rings. The molecular formula is C13H30OTi. The van der Waals surface area contributed by atoms with Gasteiger partial charge in [-0.05, 0) is 6.42 Å². The van der Waals surface area contributed by atoms with E-state index in [1.807, 2.05) is 0 Å². The van der Waals surface area contributed by atoms with Crippen LogP contribution in [-0.4, -0.2) is 11.7 Å². The molecule has 0 saturated heterocycles. The Morgan fingerprint density at radius 2 is 1.27 bits per heavy atom. The zero-order valence-corrected chi connectivity index (χ0v) is 12.6. The van der Waals surface area contributed by atoms with E-state index >= 15 is 0 Å². The van der Waals surface area contributed by atoms with Crippen LogP contribution in [0.3, 0.4) is 0 Å². The van der Waals surface area contributed by atoms with E-state index in [1.165, 1.54) is 25.7 Å². The predicted molar refractivity (Wildman–Crippen MR) is 67.1 cm³/mol. The van der Waals surface area contributed by atoms with Gasteiger partial charge in [-0.25, -0.2) is 0 Å². The number of aliphatic hydroxyl groups is 1. The van der Waals surface area contributed by atoms with Gasteiger partial charge in [0, 0.05) is 6.61 Å². The molecule has 0 aromatic heterocycles. The second-order valence-electron chi connectivity index (χ2n) is 2.99. The standard InChI is InChI=1S/C6H13.C5H12O.C2H5.Ti/c1-3-5-6-4-2;1-2-3-4-5-6;1-2;/h1,3-6H2,2H3;6H,2-5H2,1H3;1H2,2H3;/q-1;;-1;+2. The summed E-state index contributed by atoms with van der Waals surface area (Å²) in [5.41, 5.74) is 0. The molecule has 1 N–H and O–H groups in total. The van der Waals surface area contributed by atoms with Crippen molar-refractivity contribution in [3.05, 3.63) is 13.8 Å². The molecule has 0 aromatic carbocycles. The Balaban J connectivity index is -0.0000000653. The summed E-state index contributed by atoms with van der Waals surface area (Å²) in [4.78, 5) is 0. The van der Waals surface area contributed by atoms with Crippen LogP contribution in [0, 0.1) is 13.8 Å². The van der Waals surface area contributed by atoms with Gasteiger partial charge in [0.25, 0.3) is 0 Å². The van der Waals surface area contributed by atoms with Crippen LogP contribution in [0.4, 0.5) is 0 Å². The van der Waals surface area contributed by atoms with Gasteiger partial charge in [-0.15, -0.1) is 0 Å². The van der Waals surface area contributed by atoms with Crippen LogP contribution in [0.5, 0.6) is 0 Å². The molecule has 0 spiro atoms. The smallest absolute Gasteiger partial charge is 0.396 e. The van der Waals surface area contributed by atoms with Crippen LogP contribution in [0.2, 0.25) is 0 Å². The van der Waals surface area contributed by atoms with E-state index < -0.39 is 0 Å². The maximum absolute atomic E-state index is 8.20. The van der Waals surface area contributed by atoms with Crippen molar-refractivity contribution in [3.8, 4) is 0 Å². The first kappa shape index (κ1) is 24.8. The Morgan fingerprint density at radius 1 is 0.867 bits per heavy atom. The van der Waals surface area contributed by atoms with Gasteiger partial charge >= 0.3 is 21.7 Å². The van der Waals surface area contributed by atoms with Gasteiger partial charge in [0.05, 0.1) is 0 Å². The van der Waals surface area contributed by atoms with E-state index in [0.29, 0.717) is 6.61 Å². The van der Waals surface area contributed by atoms with Crippen molar-refractivity contribution in [2.24, 2.45) is 0 Å². The maximum atomic E-state index is 8.20. The third-order valence-electron chi connectivity index (χ3n) is 1.62. The average Bonchev–Trinajstić information content (AvgIpc) is 2.27. The first-order chi connectivity index (χ1) is 6.83. The normalized spacial score (nSPS) is 7.60. The molecule has 0 heterocycles. The van der Waals surface area contributed by atoms with E-state index in [-0.39, 0.29) is 21.7 Å². The number of hydrogen-bond donors (Lipinski definition) is 1. The van der Waals surface area contributed by atoms with Crippen molar-refractivity contribution >= 4 is 0 Å². The molecule has 0 bridgehead atoms. The van der Waals surface area contributed by atoms with Crippen LogP contribution < -0.4 is 0 Å².